The Balaban J connectivity index is 0.00000242. The van der Waals surface area contributed by atoms with Crippen LogP contribution in [0.5, 0.6) is 5.75 Å². The summed E-state index contributed by atoms with van der Waals surface area (Å²) in [5.41, 5.74) is 6.41. The van der Waals surface area contributed by atoms with E-state index in [1.165, 1.54) is 7.11 Å². The lowest BCUT2D eigenvalue weighted by molar-refractivity contribution is 0.00542. The van der Waals surface area contributed by atoms with Crippen molar-refractivity contribution < 1.29 is 13.5 Å². The summed E-state index contributed by atoms with van der Waals surface area (Å²) in [7, 11) is 1.53. The van der Waals surface area contributed by atoms with E-state index in [4.69, 9.17) is 22.1 Å². The summed E-state index contributed by atoms with van der Waals surface area (Å²) in [6.45, 7) is 0.304. The quantitative estimate of drug-likeness (QED) is 0.416. The van der Waals surface area contributed by atoms with Crippen LogP contribution in [0.25, 0.3) is 0 Å². The molecule has 0 bridgehead atoms. The summed E-state index contributed by atoms with van der Waals surface area (Å²) in [6.07, 6.45) is 0.310. The van der Waals surface area contributed by atoms with E-state index >= 15 is 0 Å². The van der Waals surface area contributed by atoms with Gasteiger partial charge >= 0.3 is 0 Å². The number of benzene rings is 1. The second-order valence-corrected chi connectivity index (χ2v) is 5.57. The standard InChI is InChI=1S/C14H18ClF2N3O.HI/c1-21-12-3-2-10(6-11(12)15)20-13(18)19-8-9-4-5-14(16,17)7-9;/h2-3,6,9H,4-5,7-8H2,1H3,(H3,18,19,20);1H. The van der Waals surface area contributed by atoms with E-state index < -0.39 is 5.92 Å². The topological polar surface area (TPSA) is 59.6 Å². The van der Waals surface area contributed by atoms with Crippen LogP contribution in [0.15, 0.2) is 23.2 Å². The molecule has 4 nitrogen and oxygen atoms in total. The Labute approximate surface area is 150 Å². The van der Waals surface area contributed by atoms with E-state index in [0.29, 0.717) is 29.4 Å². The van der Waals surface area contributed by atoms with Gasteiger partial charge in [0.25, 0.3) is 0 Å². The summed E-state index contributed by atoms with van der Waals surface area (Å²) in [5.74, 6) is -1.91. The Hall–Kier alpha value is -0.830. The number of nitrogens with zero attached hydrogens (tertiary/aromatic N) is 1. The van der Waals surface area contributed by atoms with Gasteiger partial charge in [0.2, 0.25) is 5.92 Å². The molecule has 2 rings (SSSR count). The zero-order valence-electron chi connectivity index (χ0n) is 12.1. The van der Waals surface area contributed by atoms with Crippen molar-refractivity contribution in [1.82, 2.24) is 0 Å². The third-order valence-electron chi connectivity index (χ3n) is 3.45. The van der Waals surface area contributed by atoms with Crippen LogP contribution in [0.1, 0.15) is 19.3 Å². The number of hydrogen-bond donors (Lipinski definition) is 2. The van der Waals surface area contributed by atoms with Gasteiger partial charge in [-0.3, -0.25) is 4.99 Å². The van der Waals surface area contributed by atoms with Gasteiger partial charge in [-0.25, -0.2) is 8.78 Å². The van der Waals surface area contributed by atoms with Gasteiger partial charge in [-0.2, -0.15) is 0 Å². The lowest BCUT2D eigenvalue weighted by Gasteiger charge is -2.10. The fourth-order valence-electron chi connectivity index (χ4n) is 2.36. The summed E-state index contributed by atoms with van der Waals surface area (Å²) >= 11 is 6.00. The van der Waals surface area contributed by atoms with Crippen molar-refractivity contribution in [1.29, 1.82) is 0 Å². The van der Waals surface area contributed by atoms with Crippen molar-refractivity contribution in [3.05, 3.63) is 23.2 Å². The molecule has 0 aliphatic heterocycles. The highest BCUT2D eigenvalue weighted by atomic mass is 127. The van der Waals surface area contributed by atoms with E-state index in [0.717, 1.165) is 0 Å². The zero-order valence-corrected chi connectivity index (χ0v) is 15.2. The van der Waals surface area contributed by atoms with Crippen molar-refractivity contribution in [2.45, 2.75) is 25.2 Å². The van der Waals surface area contributed by atoms with Gasteiger partial charge in [-0.15, -0.1) is 24.0 Å². The first kappa shape index (κ1) is 19.2. The average Bonchev–Trinajstić information content (AvgIpc) is 2.76. The fraction of sp³-hybridized carbons (Fsp3) is 0.500. The van der Waals surface area contributed by atoms with Crippen LogP contribution >= 0.6 is 35.6 Å². The molecule has 124 valence electrons. The molecule has 1 fully saturated rings. The van der Waals surface area contributed by atoms with Crippen molar-refractivity contribution in [3.63, 3.8) is 0 Å². The summed E-state index contributed by atoms with van der Waals surface area (Å²) in [6, 6.07) is 5.11. The highest BCUT2D eigenvalue weighted by molar-refractivity contribution is 14.0. The molecule has 0 heterocycles. The number of alkyl halides is 2. The molecule has 1 aromatic rings. The number of rotatable bonds is 4. The normalized spacial score (nSPS) is 20.4. The predicted molar refractivity (Wildman–Crippen MR) is 95.8 cm³/mol. The number of nitrogens with two attached hydrogens (primary N) is 1. The van der Waals surface area contributed by atoms with Gasteiger partial charge in [0.05, 0.1) is 12.1 Å². The molecule has 1 atom stereocenters. The first-order valence-corrected chi connectivity index (χ1v) is 7.06. The highest BCUT2D eigenvalue weighted by Gasteiger charge is 2.39. The summed E-state index contributed by atoms with van der Waals surface area (Å²) in [4.78, 5) is 4.11. The van der Waals surface area contributed by atoms with Crippen LogP contribution in [0.4, 0.5) is 14.5 Å². The third kappa shape index (κ3) is 5.42. The lowest BCUT2D eigenvalue weighted by atomic mass is 10.1. The van der Waals surface area contributed by atoms with Crippen LogP contribution in [0, 0.1) is 5.92 Å². The Morgan fingerprint density at radius 3 is 2.82 bits per heavy atom. The van der Waals surface area contributed by atoms with Gasteiger partial charge in [0, 0.05) is 25.1 Å². The molecular weight excluding hydrogens is 427 g/mol. The maximum atomic E-state index is 13.1. The van der Waals surface area contributed by atoms with E-state index in [-0.39, 0.29) is 48.7 Å². The molecule has 22 heavy (non-hydrogen) atoms. The number of aliphatic imine (C=N–C) groups is 1. The van der Waals surface area contributed by atoms with Crippen molar-refractivity contribution in [3.8, 4) is 5.75 Å². The molecule has 0 amide bonds. The number of ether oxygens (including phenoxy) is 1. The second kappa shape index (κ2) is 8.14. The van der Waals surface area contributed by atoms with E-state index in [1.807, 2.05) is 0 Å². The highest BCUT2D eigenvalue weighted by Crippen LogP contribution is 2.38. The van der Waals surface area contributed by atoms with E-state index in [1.54, 1.807) is 18.2 Å². The van der Waals surface area contributed by atoms with Crippen molar-refractivity contribution >= 4 is 47.2 Å². The SMILES string of the molecule is COc1ccc(NC(N)=NCC2CCC(F)(F)C2)cc1Cl.I. The summed E-state index contributed by atoms with van der Waals surface area (Å²) in [5, 5.41) is 3.33. The fourth-order valence-corrected chi connectivity index (χ4v) is 2.61. The Morgan fingerprint density at radius 1 is 1.55 bits per heavy atom. The molecule has 1 unspecified atom stereocenters. The number of guanidine groups is 1. The first-order valence-electron chi connectivity index (χ1n) is 6.68. The van der Waals surface area contributed by atoms with E-state index in [9.17, 15) is 8.78 Å². The van der Waals surface area contributed by atoms with Gasteiger partial charge in [0.1, 0.15) is 5.75 Å². The van der Waals surface area contributed by atoms with Crippen molar-refractivity contribution in [2.24, 2.45) is 16.6 Å². The Bertz CT molecular complexity index is 543. The molecule has 0 aromatic heterocycles. The average molecular weight is 446 g/mol. The van der Waals surface area contributed by atoms with Gasteiger partial charge in [-0.05, 0) is 30.5 Å². The number of anilines is 1. The molecule has 1 aliphatic rings. The van der Waals surface area contributed by atoms with Crippen molar-refractivity contribution in [2.75, 3.05) is 19.0 Å². The molecule has 1 aromatic carbocycles. The largest absolute Gasteiger partial charge is 0.495 e. The molecule has 0 spiro atoms. The van der Waals surface area contributed by atoms with Crippen LogP contribution < -0.4 is 15.8 Å². The monoisotopic (exact) mass is 445 g/mol. The lowest BCUT2D eigenvalue weighted by Crippen LogP contribution is -2.23. The van der Waals surface area contributed by atoms with Gasteiger partial charge in [-0.1, -0.05) is 11.6 Å². The maximum Gasteiger partial charge on any atom is 0.248 e. The van der Waals surface area contributed by atoms with Gasteiger partial charge in [0.15, 0.2) is 5.96 Å². The molecule has 0 saturated heterocycles. The minimum atomic E-state index is -2.55. The van der Waals surface area contributed by atoms with Crippen LogP contribution in [0.3, 0.4) is 0 Å². The molecule has 1 saturated carbocycles. The number of hydrogen-bond acceptors (Lipinski definition) is 2. The first-order chi connectivity index (χ1) is 9.89. The summed E-state index contributed by atoms with van der Waals surface area (Å²) < 4.78 is 31.2. The Morgan fingerprint density at radius 2 is 2.27 bits per heavy atom. The van der Waals surface area contributed by atoms with Crippen LogP contribution in [-0.2, 0) is 0 Å². The van der Waals surface area contributed by atoms with Gasteiger partial charge < -0.3 is 15.8 Å². The zero-order chi connectivity index (χ0) is 15.5. The molecule has 1 aliphatic carbocycles. The molecular formula is C14H19ClF2IN3O. The number of nitrogens with one attached hydrogen (secondary N) is 1. The maximum absolute atomic E-state index is 13.1. The smallest absolute Gasteiger partial charge is 0.248 e. The van der Waals surface area contributed by atoms with E-state index in [2.05, 4.69) is 10.3 Å². The predicted octanol–water partition coefficient (Wildman–Crippen LogP) is 4.13. The number of methoxy groups -OCH3 is 1. The molecule has 0 radical (unpaired) electrons. The van der Waals surface area contributed by atoms with Crippen LogP contribution in [-0.4, -0.2) is 25.5 Å². The molecule has 3 N–H and O–H groups in total. The second-order valence-electron chi connectivity index (χ2n) is 5.17. The molecule has 8 heteroatoms. The Kier molecular flexibility index (Phi) is 7.11. The number of halogens is 4. The minimum Gasteiger partial charge on any atom is -0.495 e. The third-order valence-corrected chi connectivity index (χ3v) is 3.75. The minimum absolute atomic E-state index is 0. The van der Waals surface area contributed by atoms with Crippen LogP contribution in [0.2, 0.25) is 5.02 Å².